The van der Waals surface area contributed by atoms with Crippen molar-refractivity contribution in [3.05, 3.63) is 53.1 Å². The number of benzene rings is 2. The van der Waals surface area contributed by atoms with Gasteiger partial charge in [-0.3, -0.25) is 9.59 Å². The molecule has 2 aromatic rings. The highest BCUT2D eigenvalue weighted by molar-refractivity contribution is 6.05. The molecule has 28 heavy (non-hydrogen) atoms. The van der Waals surface area contributed by atoms with E-state index in [2.05, 4.69) is 44.4 Å². The van der Waals surface area contributed by atoms with Crippen molar-refractivity contribution < 1.29 is 14.3 Å². The van der Waals surface area contributed by atoms with Crippen molar-refractivity contribution in [2.45, 2.75) is 51.4 Å². The molecule has 2 aromatic carbocycles. The first kappa shape index (κ1) is 18.5. The highest BCUT2D eigenvalue weighted by Crippen LogP contribution is 2.46. The predicted molar refractivity (Wildman–Crippen MR) is 110 cm³/mol. The fourth-order valence-electron chi connectivity index (χ4n) is 4.09. The first-order valence-electron chi connectivity index (χ1n) is 9.69. The standard InChI is InChI=1S/C23H26N2O3/c1-22(2)9-10-23(3,4)17-11-14(5-7-16(17)22)21(27)24-15-6-8-19-18(12-15)25-20(26)13-28-19/h5-8,11-12H,9-10,13H2,1-4H3,(H,24,27)(H,25,26). The van der Waals surface area contributed by atoms with Crippen molar-refractivity contribution in [1.29, 1.82) is 0 Å². The van der Waals surface area contributed by atoms with Crippen molar-refractivity contribution in [3.8, 4) is 5.75 Å². The van der Waals surface area contributed by atoms with E-state index in [1.54, 1.807) is 18.2 Å². The van der Waals surface area contributed by atoms with Crippen LogP contribution in [0.1, 0.15) is 62.0 Å². The van der Waals surface area contributed by atoms with Gasteiger partial charge in [-0.1, -0.05) is 33.8 Å². The molecule has 4 rings (SSSR count). The van der Waals surface area contributed by atoms with Crippen molar-refractivity contribution in [2.24, 2.45) is 0 Å². The lowest BCUT2D eigenvalue weighted by atomic mass is 9.63. The Hall–Kier alpha value is -2.82. The van der Waals surface area contributed by atoms with E-state index in [0.29, 0.717) is 22.7 Å². The average molecular weight is 378 g/mol. The van der Waals surface area contributed by atoms with E-state index in [9.17, 15) is 9.59 Å². The van der Waals surface area contributed by atoms with Crippen LogP contribution >= 0.6 is 0 Å². The van der Waals surface area contributed by atoms with Crippen LogP contribution in [0.25, 0.3) is 0 Å². The molecule has 0 saturated carbocycles. The molecule has 0 saturated heterocycles. The van der Waals surface area contributed by atoms with Crippen molar-refractivity contribution in [3.63, 3.8) is 0 Å². The average Bonchev–Trinajstić information content (AvgIpc) is 2.65. The summed E-state index contributed by atoms with van der Waals surface area (Å²) in [5.41, 5.74) is 4.58. The van der Waals surface area contributed by atoms with Gasteiger partial charge >= 0.3 is 0 Å². The number of rotatable bonds is 2. The summed E-state index contributed by atoms with van der Waals surface area (Å²) in [6.45, 7) is 9.04. The molecule has 2 N–H and O–H groups in total. The van der Waals surface area contributed by atoms with E-state index in [0.717, 1.165) is 12.8 Å². The number of anilines is 2. The van der Waals surface area contributed by atoms with E-state index in [4.69, 9.17) is 4.74 Å². The second kappa shape index (κ2) is 6.36. The Kier molecular flexibility index (Phi) is 4.21. The Bertz CT molecular complexity index is 976. The monoisotopic (exact) mass is 378 g/mol. The fraction of sp³-hybridized carbons (Fsp3) is 0.391. The Morgan fingerprint density at radius 2 is 1.71 bits per heavy atom. The smallest absolute Gasteiger partial charge is 0.262 e. The number of hydrogen-bond acceptors (Lipinski definition) is 3. The molecule has 0 spiro atoms. The number of ether oxygens (including phenoxy) is 1. The van der Waals surface area contributed by atoms with Crippen LogP contribution in [0.5, 0.6) is 5.75 Å². The Morgan fingerprint density at radius 3 is 2.46 bits per heavy atom. The number of carbonyl (C=O) groups excluding carboxylic acids is 2. The highest BCUT2D eigenvalue weighted by Gasteiger charge is 2.37. The van der Waals surface area contributed by atoms with Gasteiger partial charge in [0.2, 0.25) is 0 Å². The third-order valence-electron chi connectivity index (χ3n) is 5.99. The van der Waals surface area contributed by atoms with E-state index in [1.807, 2.05) is 12.1 Å². The minimum atomic E-state index is -0.199. The van der Waals surface area contributed by atoms with Crippen molar-refractivity contribution >= 4 is 23.2 Å². The molecule has 0 unspecified atom stereocenters. The second-order valence-corrected chi connectivity index (χ2v) is 9.03. The van der Waals surface area contributed by atoms with Gasteiger partial charge in [0.1, 0.15) is 5.75 Å². The molecule has 5 heteroatoms. The molecular weight excluding hydrogens is 352 g/mol. The number of carbonyl (C=O) groups is 2. The number of hydrogen-bond donors (Lipinski definition) is 2. The molecule has 1 aliphatic heterocycles. The van der Waals surface area contributed by atoms with Gasteiger partial charge < -0.3 is 15.4 Å². The maximum Gasteiger partial charge on any atom is 0.262 e. The summed E-state index contributed by atoms with van der Waals surface area (Å²) >= 11 is 0. The van der Waals surface area contributed by atoms with Gasteiger partial charge in [-0.05, 0) is 65.1 Å². The largest absolute Gasteiger partial charge is 0.482 e. The zero-order chi connectivity index (χ0) is 20.1. The highest BCUT2D eigenvalue weighted by atomic mass is 16.5. The Morgan fingerprint density at radius 1 is 1.00 bits per heavy atom. The SMILES string of the molecule is CC1(C)CCC(C)(C)c2cc(C(=O)Nc3ccc4c(c3)NC(=O)CO4)ccc21. The quantitative estimate of drug-likeness (QED) is 0.801. The minimum absolute atomic E-state index is 0.0139. The zero-order valence-corrected chi connectivity index (χ0v) is 16.8. The van der Waals surface area contributed by atoms with Crippen LogP contribution in [-0.2, 0) is 15.6 Å². The van der Waals surface area contributed by atoms with Crippen LogP contribution in [0.15, 0.2) is 36.4 Å². The summed E-state index contributed by atoms with van der Waals surface area (Å²) in [5.74, 6) is 0.246. The first-order chi connectivity index (χ1) is 13.2. The van der Waals surface area contributed by atoms with Crippen molar-refractivity contribution in [2.75, 3.05) is 17.2 Å². The number of nitrogens with one attached hydrogen (secondary N) is 2. The number of fused-ring (bicyclic) bond motifs is 2. The molecule has 0 bridgehead atoms. The van der Waals surface area contributed by atoms with Crippen LogP contribution in [0.2, 0.25) is 0 Å². The summed E-state index contributed by atoms with van der Waals surface area (Å²) in [6, 6.07) is 11.3. The summed E-state index contributed by atoms with van der Waals surface area (Å²) in [7, 11) is 0. The molecule has 2 aliphatic rings. The van der Waals surface area contributed by atoms with Crippen LogP contribution in [-0.4, -0.2) is 18.4 Å². The van der Waals surface area contributed by atoms with Gasteiger partial charge in [-0.25, -0.2) is 0 Å². The molecule has 0 fully saturated rings. The lowest BCUT2D eigenvalue weighted by Gasteiger charge is -2.42. The Labute approximate surface area is 165 Å². The van der Waals surface area contributed by atoms with Crippen LogP contribution in [0.3, 0.4) is 0 Å². The molecule has 1 aliphatic carbocycles. The normalized spacial score (nSPS) is 18.9. The number of amides is 2. The van der Waals surface area contributed by atoms with Crippen LogP contribution < -0.4 is 15.4 Å². The third kappa shape index (κ3) is 3.26. The lowest BCUT2D eigenvalue weighted by Crippen LogP contribution is -2.34. The first-order valence-corrected chi connectivity index (χ1v) is 9.69. The molecular formula is C23H26N2O3. The van der Waals surface area contributed by atoms with Crippen LogP contribution in [0, 0.1) is 0 Å². The van der Waals surface area contributed by atoms with E-state index in [-0.39, 0.29) is 29.3 Å². The van der Waals surface area contributed by atoms with E-state index in [1.165, 1.54) is 11.1 Å². The predicted octanol–water partition coefficient (Wildman–Crippen LogP) is 4.62. The summed E-state index contributed by atoms with van der Waals surface area (Å²) in [5, 5.41) is 5.69. The summed E-state index contributed by atoms with van der Waals surface area (Å²) in [4.78, 5) is 24.4. The maximum absolute atomic E-state index is 12.9. The van der Waals surface area contributed by atoms with Gasteiger partial charge in [-0.15, -0.1) is 0 Å². The van der Waals surface area contributed by atoms with Gasteiger partial charge in [0.25, 0.3) is 11.8 Å². The van der Waals surface area contributed by atoms with E-state index < -0.39 is 0 Å². The molecule has 5 nitrogen and oxygen atoms in total. The molecule has 2 amide bonds. The third-order valence-corrected chi connectivity index (χ3v) is 5.99. The van der Waals surface area contributed by atoms with Gasteiger partial charge in [0.15, 0.2) is 6.61 Å². The molecule has 0 aromatic heterocycles. The second-order valence-electron chi connectivity index (χ2n) is 9.03. The van der Waals surface area contributed by atoms with E-state index >= 15 is 0 Å². The lowest BCUT2D eigenvalue weighted by molar-refractivity contribution is -0.118. The summed E-state index contributed by atoms with van der Waals surface area (Å²) in [6.07, 6.45) is 2.24. The molecule has 0 atom stereocenters. The molecule has 1 heterocycles. The molecule has 146 valence electrons. The fourth-order valence-corrected chi connectivity index (χ4v) is 4.09. The molecule has 0 radical (unpaired) electrons. The Balaban J connectivity index is 1.61. The summed E-state index contributed by atoms with van der Waals surface area (Å²) < 4.78 is 5.36. The van der Waals surface area contributed by atoms with Gasteiger partial charge in [0, 0.05) is 11.3 Å². The zero-order valence-electron chi connectivity index (χ0n) is 16.8. The van der Waals surface area contributed by atoms with Crippen molar-refractivity contribution in [1.82, 2.24) is 0 Å². The van der Waals surface area contributed by atoms with Crippen LogP contribution in [0.4, 0.5) is 11.4 Å². The topological polar surface area (TPSA) is 67.4 Å². The van der Waals surface area contributed by atoms with Gasteiger partial charge in [-0.2, -0.15) is 0 Å². The minimum Gasteiger partial charge on any atom is -0.482 e. The maximum atomic E-state index is 12.9. The van der Waals surface area contributed by atoms with Gasteiger partial charge in [0.05, 0.1) is 5.69 Å².